The van der Waals surface area contributed by atoms with Gasteiger partial charge in [0.2, 0.25) is 0 Å². The van der Waals surface area contributed by atoms with Crippen molar-refractivity contribution in [3.63, 3.8) is 0 Å². The maximum atomic E-state index is 11.8. The van der Waals surface area contributed by atoms with Crippen molar-refractivity contribution in [2.75, 3.05) is 0 Å². The number of aryl methyl sites for hydroxylation is 1. The first-order chi connectivity index (χ1) is 9.15. The number of nitrogens with zero attached hydrogens (tertiary/aromatic N) is 3. The van der Waals surface area contributed by atoms with E-state index in [1.807, 2.05) is 12.3 Å². The van der Waals surface area contributed by atoms with Crippen LogP contribution in [0.5, 0.6) is 0 Å². The molecule has 0 aliphatic rings. The normalized spacial score (nSPS) is 10.4. The highest BCUT2D eigenvalue weighted by Gasteiger charge is 2.06. The Morgan fingerprint density at radius 3 is 2.63 bits per heavy atom. The van der Waals surface area contributed by atoms with E-state index in [1.165, 1.54) is 6.20 Å². The molecule has 7 nitrogen and oxygen atoms in total. The van der Waals surface area contributed by atoms with Gasteiger partial charge in [0.1, 0.15) is 0 Å². The standard InChI is InChI=1S/C12H15N5O2/c1-2-16-5-6-17(12(16)19)8-10-4-3-9(7-14-10)11(18)15-13/h3-7H,2,8,13H2,1H3,(H,15,18). The Kier molecular flexibility index (Phi) is 3.76. The van der Waals surface area contributed by atoms with E-state index in [0.29, 0.717) is 24.3 Å². The van der Waals surface area contributed by atoms with Gasteiger partial charge in [0.15, 0.2) is 0 Å². The largest absolute Gasteiger partial charge is 0.328 e. The number of pyridine rings is 1. The summed E-state index contributed by atoms with van der Waals surface area (Å²) in [5.41, 5.74) is 3.04. The highest BCUT2D eigenvalue weighted by Crippen LogP contribution is 2.01. The summed E-state index contributed by atoms with van der Waals surface area (Å²) in [6, 6.07) is 3.31. The fourth-order valence-electron chi connectivity index (χ4n) is 1.72. The predicted molar refractivity (Wildman–Crippen MR) is 69.4 cm³/mol. The molecule has 2 rings (SSSR count). The lowest BCUT2D eigenvalue weighted by Crippen LogP contribution is -2.30. The fraction of sp³-hybridized carbons (Fsp3) is 0.250. The fourth-order valence-corrected chi connectivity index (χ4v) is 1.72. The molecule has 0 fully saturated rings. The van der Waals surface area contributed by atoms with Crippen molar-refractivity contribution < 1.29 is 4.79 Å². The molecule has 0 spiro atoms. The molecule has 0 aromatic carbocycles. The smallest absolute Gasteiger partial charge is 0.300 e. The van der Waals surface area contributed by atoms with E-state index in [4.69, 9.17) is 5.84 Å². The monoisotopic (exact) mass is 261 g/mol. The Morgan fingerprint density at radius 1 is 1.37 bits per heavy atom. The summed E-state index contributed by atoms with van der Waals surface area (Å²) in [5, 5.41) is 0. The van der Waals surface area contributed by atoms with Gasteiger partial charge in [-0.3, -0.25) is 24.3 Å². The molecule has 19 heavy (non-hydrogen) atoms. The van der Waals surface area contributed by atoms with E-state index in [1.54, 1.807) is 33.7 Å². The zero-order valence-electron chi connectivity index (χ0n) is 10.5. The second-order valence-electron chi connectivity index (χ2n) is 4.01. The molecule has 2 aromatic rings. The number of amides is 1. The van der Waals surface area contributed by atoms with Crippen LogP contribution in [-0.2, 0) is 13.1 Å². The first kappa shape index (κ1) is 13.0. The van der Waals surface area contributed by atoms with Crippen molar-refractivity contribution in [1.82, 2.24) is 19.5 Å². The third-order valence-electron chi connectivity index (χ3n) is 2.81. The summed E-state index contributed by atoms with van der Waals surface area (Å²) < 4.78 is 3.17. The third-order valence-corrected chi connectivity index (χ3v) is 2.81. The number of rotatable bonds is 4. The second-order valence-corrected chi connectivity index (χ2v) is 4.01. The number of hydrazine groups is 1. The summed E-state index contributed by atoms with van der Waals surface area (Å²) in [5.74, 6) is 4.63. The SMILES string of the molecule is CCn1ccn(Cc2ccc(C(=O)NN)cn2)c1=O. The minimum atomic E-state index is -0.395. The van der Waals surface area contributed by atoms with E-state index < -0.39 is 5.91 Å². The Balaban J connectivity index is 2.17. The average molecular weight is 261 g/mol. The van der Waals surface area contributed by atoms with Crippen molar-refractivity contribution in [2.24, 2.45) is 5.84 Å². The lowest BCUT2D eigenvalue weighted by molar-refractivity contribution is 0.0953. The van der Waals surface area contributed by atoms with Crippen molar-refractivity contribution in [1.29, 1.82) is 0 Å². The van der Waals surface area contributed by atoms with Crippen LogP contribution in [0.3, 0.4) is 0 Å². The number of hydrogen-bond donors (Lipinski definition) is 2. The molecule has 0 aliphatic carbocycles. The van der Waals surface area contributed by atoms with E-state index >= 15 is 0 Å². The van der Waals surface area contributed by atoms with Gasteiger partial charge < -0.3 is 0 Å². The summed E-state index contributed by atoms with van der Waals surface area (Å²) >= 11 is 0. The molecule has 3 N–H and O–H groups in total. The van der Waals surface area contributed by atoms with Crippen LogP contribution >= 0.6 is 0 Å². The van der Waals surface area contributed by atoms with Crippen LogP contribution in [0.4, 0.5) is 0 Å². The minimum absolute atomic E-state index is 0.0759. The highest BCUT2D eigenvalue weighted by atomic mass is 16.2. The van der Waals surface area contributed by atoms with Gasteiger partial charge in [-0.2, -0.15) is 0 Å². The number of nitrogens with one attached hydrogen (secondary N) is 1. The predicted octanol–water partition coefficient (Wildman–Crippen LogP) is -0.284. The van der Waals surface area contributed by atoms with Crippen LogP contribution in [0.1, 0.15) is 23.0 Å². The molecule has 0 unspecified atom stereocenters. The van der Waals surface area contributed by atoms with Gasteiger partial charge in [0.05, 0.1) is 17.8 Å². The molecule has 100 valence electrons. The second kappa shape index (κ2) is 5.49. The number of imidazole rings is 1. The topological polar surface area (TPSA) is 94.9 Å². The van der Waals surface area contributed by atoms with Crippen molar-refractivity contribution >= 4 is 5.91 Å². The van der Waals surface area contributed by atoms with Gasteiger partial charge in [0, 0.05) is 25.1 Å². The Bertz CT molecular complexity index is 626. The molecule has 0 saturated heterocycles. The number of carbonyl (C=O) groups is 1. The number of hydrogen-bond acceptors (Lipinski definition) is 4. The number of carbonyl (C=O) groups excluding carboxylic acids is 1. The van der Waals surface area contributed by atoms with Gasteiger partial charge >= 0.3 is 5.69 Å². The lowest BCUT2D eigenvalue weighted by atomic mass is 10.2. The zero-order valence-corrected chi connectivity index (χ0v) is 10.5. The molecule has 0 atom stereocenters. The molecule has 0 bridgehead atoms. The number of nitrogen functional groups attached to an aromatic ring is 1. The van der Waals surface area contributed by atoms with E-state index in [-0.39, 0.29) is 5.69 Å². The summed E-state index contributed by atoms with van der Waals surface area (Å²) in [6.07, 6.45) is 4.88. The van der Waals surface area contributed by atoms with Crippen LogP contribution < -0.4 is 17.0 Å². The summed E-state index contributed by atoms with van der Waals surface area (Å²) in [4.78, 5) is 27.2. The first-order valence-electron chi connectivity index (χ1n) is 5.87. The molecule has 1 amide bonds. The molecular weight excluding hydrogens is 246 g/mol. The summed E-state index contributed by atoms with van der Waals surface area (Å²) in [6.45, 7) is 2.91. The molecule has 7 heteroatoms. The average Bonchev–Trinajstić information content (AvgIpc) is 2.79. The molecular formula is C12H15N5O2. The van der Waals surface area contributed by atoms with Crippen molar-refractivity contribution in [3.8, 4) is 0 Å². The van der Waals surface area contributed by atoms with E-state index in [2.05, 4.69) is 4.98 Å². The third kappa shape index (κ3) is 2.71. The van der Waals surface area contributed by atoms with Crippen molar-refractivity contribution in [2.45, 2.75) is 20.0 Å². The Labute approximate surface area is 109 Å². The molecule has 0 aliphatic heterocycles. The maximum absolute atomic E-state index is 11.8. The van der Waals surface area contributed by atoms with Gasteiger partial charge in [-0.1, -0.05) is 0 Å². The first-order valence-corrected chi connectivity index (χ1v) is 5.87. The quantitative estimate of drug-likeness (QED) is 0.449. The van der Waals surface area contributed by atoms with Gasteiger partial charge in [-0.05, 0) is 19.1 Å². The van der Waals surface area contributed by atoms with Crippen LogP contribution in [0, 0.1) is 0 Å². The lowest BCUT2D eigenvalue weighted by Gasteiger charge is -2.03. The highest BCUT2D eigenvalue weighted by molar-refractivity contribution is 5.93. The molecule has 2 heterocycles. The van der Waals surface area contributed by atoms with E-state index in [9.17, 15) is 9.59 Å². The van der Waals surface area contributed by atoms with E-state index in [0.717, 1.165) is 0 Å². The zero-order chi connectivity index (χ0) is 13.8. The number of nitrogens with two attached hydrogens (primary N) is 1. The number of aromatic nitrogens is 3. The van der Waals surface area contributed by atoms with Gasteiger partial charge in [0.25, 0.3) is 5.91 Å². The van der Waals surface area contributed by atoms with Crippen LogP contribution in [-0.4, -0.2) is 20.0 Å². The van der Waals surface area contributed by atoms with Crippen molar-refractivity contribution in [3.05, 3.63) is 52.5 Å². The minimum Gasteiger partial charge on any atom is -0.300 e. The Morgan fingerprint density at radius 2 is 2.11 bits per heavy atom. The molecule has 0 radical (unpaired) electrons. The van der Waals surface area contributed by atoms with Crippen LogP contribution in [0.25, 0.3) is 0 Å². The van der Waals surface area contributed by atoms with Gasteiger partial charge in [-0.15, -0.1) is 0 Å². The maximum Gasteiger partial charge on any atom is 0.328 e. The molecule has 2 aromatic heterocycles. The van der Waals surface area contributed by atoms with Gasteiger partial charge in [-0.25, -0.2) is 10.6 Å². The molecule has 0 saturated carbocycles. The van der Waals surface area contributed by atoms with Crippen LogP contribution in [0.15, 0.2) is 35.5 Å². The summed E-state index contributed by atoms with van der Waals surface area (Å²) in [7, 11) is 0. The van der Waals surface area contributed by atoms with Crippen LogP contribution in [0.2, 0.25) is 0 Å². The Hall–Kier alpha value is -2.41.